The number of rotatable bonds is 4. The first-order chi connectivity index (χ1) is 10.8. The maximum atomic E-state index is 11.7. The van der Waals surface area contributed by atoms with Crippen molar-refractivity contribution in [3.8, 4) is 5.69 Å². The maximum absolute atomic E-state index is 11.7. The molecular formula is C14H11N5O2S. The van der Waals surface area contributed by atoms with E-state index in [-0.39, 0.29) is 0 Å². The topological polar surface area (TPSA) is 81.9 Å². The molecule has 3 rings (SSSR count). The van der Waals surface area contributed by atoms with E-state index in [9.17, 15) is 4.79 Å². The molecule has 110 valence electrons. The van der Waals surface area contributed by atoms with Crippen molar-refractivity contribution in [2.75, 3.05) is 5.32 Å². The van der Waals surface area contributed by atoms with E-state index in [2.05, 4.69) is 20.8 Å². The second-order valence-electron chi connectivity index (χ2n) is 4.15. The third-order valence-corrected chi connectivity index (χ3v) is 3.29. The van der Waals surface area contributed by atoms with E-state index in [0.717, 1.165) is 17.7 Å². The summed E-state index contributed by atoms with van der Waals surface area (Å²) in [5.41, 5.74) is 1.43. The number of carbonyl (C=O) groups excluding carboxylic acids is 1. The van der Waals surface area contributed by atoms with Crippen molar-refractivity contribution in [3.05, 3.63) is 60.7 Å². The first-order valence-corrected chi connectivity index (χ1v) is 7.11. The molecule has 1 N–H and O–H groups in total. The minimum absolute atomic E-state index is 0.356. The molecule has 3 aromatic rings. The highest BCUT2D eigenvalue weighted by Gasteiger charge is 2.13. The number of anilines is 1. The average molecular weight is 313 g/mol. The Bertz CT molecular complexity index is 748. The van der Waals surface area contributed by atoms with Gasteiger partial charge < -0.3 is 4.18 Å². The summed E-state index contributed by atoms with van der Waals surface area (Å²) in [6.07, 6.45) is -0.598. The van der Waals surface area contributed by atoms with E-state index in [4.69, 9.17) is 4.18 Å². The van der Waals surface area contributed by atoms with E-state index < -0.39 is 6.09 Å². The molecule has 0 saturated carbocycles. The number of benzene rings is 2. The minimum atomic E-state index is -0.598. The molecule has 0 saturated heterocycles. The van der Waals surface area contributed by atoms with Gasteiger partial charge in [-0.25, -0.2) is 4.79 Å². The average Bonchev–Trinajstić information content (AvgIpc) is 3.03. The Labute approximate surface area is 130 Å². The van der Waals surface area contributed by atoms with Gasteiger partial charge >= 0.3 is 6.09 Å². The van der Waals surface area contributed by atoms with Crippen LogP contribution in [0.5, 0.6) is 0 Å². The van der Waals surface area contributed by atoms with Crippen molar-refractivity contribution in [2.45, 2.75) is 5.16 Å². The molecule has 1 amide bonds. The molecule has 0 spiro atoms. The van der Waals surface area contributed by atoms with E-state index in [1.807, 2.05) is 48.5 Å². The summed E-state index contributed by atoms with van der Waals surface area (Å²) in [5, 5.41) is 14.3. The highest BCUT2D eigenvalue weighted by atomic mass is 32.2. The molecule has 0 fully saturated rings. The van der Waals surface area contributed by atoms with Crippen LogP contribution in [0.3, 0.4) is 0 Å². The number of hydrogen-bond acceptors (Lipinski definition) is 6. The van der Waals surface area contributed by atoms with Gasteiger partial charge in [-0.05, 0) is 34.7 Å². The molecule has 0 radical (unpaired) electrons. The molecule has 1 aromatic heterocycles. The highest BCUT2D eigenvalue weighted by molar-refractivity contribution is 7.94. The fourth-order valence-corrected chi connectivity index (χ4v) is 2.17. The number of aromatic nitrogens is 4. The van der Waals surface area contributed by atoms with Gasteiger partial charge in [0.05, 0.1) is 5.69 Å². The molecule has 0 aliphatic heterocycles. The Balaban J connectivity index is 1.63. The Hall–Kier alpha value is -2.87. The van der Waals surface area contributed by atoms with Crippen molar-refractivity contribution in [1.82, 2.24) is 20.2 Å². The number of para-hydroxylation sites is 2. The molecule has 7 nitrogen and oxygen atoms in total. The molecule has 0 aliphatic rings. The fraction of sp³-hybridized carbons (Fsp3) is 0. The molecule has 1 heterocycles. The van der Waals surface area contributed by atoms with Crippen LogP contribution in [-0.2, 0) is 4.18 Å². The lowest BCUT2D eigenvalue weighted by Crippen LogP contribution is -2.10. The lowest BCUT2D eigenvalue weighted by Gasteiger charge is -2.05. The standard InChI is InChI=1S/C14H11N5O2S/c20-14(15-11-7-3-1-4-8-11)21-22-13-16-17-18-19(13)12-9-5-2-6-10-12/h1-10H,(H,15,20). The van der Waals surface area contributed by atoms with Crippen molar-refractivity contribution >= 4 is 23.8 Å². The van der Waals surface area contributed by atoms with E-state index in [1.54, 1.807) is 12.1 Å². The first kappa shape index (κ1) is 14.1. The van der Waals surface area contributed by atoms with Gasteiger partial charge in [0.2, 0.25) is 0 Å². The number of carbonyl (C=O) groups is 1. The van der Waals surface area contributed by atoms with Gasteiger partial charge in [-0.2, -0.15) is 4.68 Å². The van der Waals surface area contributed by atoms with Crippen molar-refractivity contribution in [1.29, 1.82) is 0 Å². The molecule has 0 atom stereocenters. The Kier molecular flexibility index (Phi) is 4.30. The number of nitrogens with zero attached hydrogens (tertiary/aromatic N) is 4. The van der Waals surface area contributed by atoms with Crippen molar-refractivity contribution in [2.24, 2.45) is 0 Å². The number of tetrazole rings is 1. The zero-order valence-corrected chi connectivity index (χ0v) is 12.1. The molecule has 8 heteroatoms. The number of nitrogens with one attached hydrogen (secondary N) is 1. The molecule has 0 bridgehead atoms. The zero-order chi connectivity index (χ0) is 15.2. The summed E-state index contributed by atoms with van der Waals surface area (Å²) in [5.74, 6) is 0. The van der Waals surface area contributed by atoms with Gasteiger partial charge in [0.1, 0.15) is 12.0 Å². The second-order valence-corrected chi connectivity index (χ2v) is 4.85. The van der Waals surface area contributed by atoms with Crippen LogP contribution in [-0.4, -0.2) is 26.3 Å². The number of hydrogen-bond donors (Lipinski definition) is 1. The van der Waals surface area contributed by atoms with Gasteiger partial charge in [0.15, 0.2) is 0 Å². The third-order valence-electron chi connectivity index (χ3n) is 2.65. The summed E-state index contributed by atoms with van der Waals surface area (Å²) < 4.78 is 6.54. The maximum Gasteiger partial charge on any atom is 0.424 e. The highest BCUT2D eigenvalue weighted by Crippen LogP contribution is 2.19. The van der Waals surface area contributed by atoms with Crippen molar-refractivity contribution < 1.29 is 8.98 Å². The van der Waals surface area contributed by atoms with Gasteiger partial charge in [0, 0.05) is 5.69 Å². The number of amides is 1. The molecule has 22 heavy (non-hydrogen) atoms. The molecule has 0 unspecified atom stereocenters. The monoisotopic (exact) mass is 313 g/mol. The van der Waals surface area contributed by atoms with Crippen LogP contribution in [0.1, 0.15) is 0 Å². The summed E-state index contributed by atoms with van der Waals surface area (Å²) in [6, 6.07) is 18.4. The quantitative estimate of drug-likeness (QED) is 0.746. The largest absolute Gasteiger partial charge is 0.424 e. The molecular weight excluding hydrogens is 302 g/mol. The van der Waals surface area contributed by atoms with Crippen LogP contribution >= 0.6 is 12.0 Å². The normalized spacial score (nSPS) is 10.2. The predicted octanol–water partition coefficient (Wildman–Crippen LogP) is 2.92. The lowest BCUT2D eigenvalue weighted by atomic mass is 10.3. The summed E-state index contributed by atoms with van der Waals surface area (Å²) in [4.78, 5) is 11.7. The van der Waals surface area contributed by atoms with E-state index >= 15 is 0 Å². The van der Waals surface area contributed by atoms with Crippen molar-refractivity contribution in [3.63, 3.8) is 0 Å². The SMILES string of the molecule is O=C(Nc1ccccc1)OSc1nnnn1-c1ccccc1. The summed E-state index contributed by atoms with van der Waals surface area (Å²) in [6.45, 7) is 0. The van der Waals surface area contributed by atoms with Crippen LogP contribution in [0.25, 0.3) is 5.69 Å². The molecule has 2 aromatic carbocycles. The van der Waals surface area contributed by atoms with E-state index in [1.165, 1.54) is 4.68 Å². The van der Waals surface area contributed by atoms with Gasteiger partial charge in [0.25, 0.3) is 5.16 Å². The second kappa shape index (κ2) is 6.72. The molecule has 0 aliphatic carbocycles. The summed E-state index contributed by atoms with van der Waals surface area (Å²) >= 11 is 0.791. The Morgan fingerprint density at radius 1 is 1.05 bits per heavy atom. The van der Waals surface area contributed by atoms with Crippen LogP contribution in [0.15, 0.2) is 65.8 Å². The van der Waals surface area contributed by atoms with Crippen LogP contribution in [0.2, 0.25) is 0 Å². The van der Waals surface area contributed by atoms with Gasteiger partial charge in [-0.3, -0.25) is 5.32 Å². The van der Waals surface area contributed by atoms with Gasteiger partial charge in [-0.15, -0.1) is 0 Å². The fourth-order valence-electron chi connectivity index (χ4n) is 1.70. The lowest BCUT2D eigenvalue weighted by molar-refractivity contribution is 0.222. The van der Waals surface area contributed by atoms with Crippen LogP contribution < -0.4 is 5.32 Å². The van der Waals surface area contributed by atoms with Crippen LogP contribution in [0, 0.1) is 0 Å². The zero-order valence-electron chi connectivity index (χ0n) is 11.3. The summed E-state index contributed by atoms with van der Waals surface area (Å²) in [7, 11) is 0. The minimum Gasteiger partial charge on any atom is -0.366 e. The van der Waals surface area contributed by atoms with E-state index in [0.29, 0.717) is 10.8 Å². The van der Waals surface area contributed by atoms with Crippen LogP contribution in [0.4, 0.5) is 10.5 Å². The van der Waals surface area contributed by atoms with Gasteiger partial charge in [-0.1, -0.05) is 41.5 Å². The third kappa shape index (κ3) is 3.41. The smallest absolute Gasteiger partial charge is 0.366 e. The Morgan fingerprint density at radius 2 is 1.73 bits per heavy atom. The Morgan fingerprint density at radius 3 is 2.45 bits per heavy atom. The first-order valence-electron chi connectivity index (χ1n) is 6.37. The predicted molar refractivity (Wildman–Crippen MR) is 81.6 cm³/mol.